The quantitative estimate of drug-likeness (QED) is 0.930. The highest BCUT2D eigenvalue weighted by Crippen LogP contribution is 2.31. The maximum absolute atomic E-state index is 14.1. The zero-order valence-electron chi connectivity index (χ0n) is 11.0. The molecule has 0 saturated carbocycles. The molecule has 2 N–H and O–H groups in total. The highest BCUT2D eigenvalue weighted by Gasteiger charge is 2.18. The molecule has 0 bridgehead atoms. The van der Waals surface area contributed by atoms with Crippen LogP contribution in [0.1, 0.15) is 5.56 Å². The van der Waals surface area contributed by atoms with Crippen molar-refractivity contribution < 1.29 is 13.2 Å². The van der Waals surface area contributed by atoms with Crippen molar-refractivity contribution in [1.82, 2.24) is 0 Å². The maximum atomic E-state index is 14.1. The Morgan fingerprint density at radius 2 is 1.60 bits per heavy atom. The van der Waals surface area contributed by atoms with E-state index in [-0.39, 0.29) is 11.4 Å². The minimum Gasteiger partial charge on any atom is -0.337 e. The summed E-state index contributed by atoms with van der Waals surface area (Å²) in [5.74, 6) is -2.02. The van der Waals surface area contributed by atoms with Gasteiger partial charge in [-0.05, 0) is 42.8 Å². The average Bonchev–Trinajstić information content (AvgIpc) is 2.38. The zero-order valence-corrected chi connectivity index (χ0v) is 11.0. The monoisotopic (exact) mass is 280 g/mol. The molecule has 106 valence electrons. The number of nitrogens with two attached hydrogens (primary N) is 1. The standard InChI is InChI=1S/C15H15F3N2/c1-20(14-5-3-2-4-11(14)16)15-12(17)8-10(6-7-19)9-13(15)18/h2-5,8-9H,6-7,19H2,1H3. The first kappa shape index (κ1) is 14.4. The van der Waals surface area contributed by atoms with Crippen molar-refractivity contribution in [3.63, 3.8) is 0 Å². The molecule has 0 atom stereocenters. The van der Waals surface area contributed by atoms with Crippen LogP contribution in [0.5, 0.6) is 0 Å². The van der Waals surface area contributed by atoms with E-state index in [2.05, 4.69) is 0 Å². The van der Waals surface area contributed by atoms with Gasteiger partial charge in [0.2, 0.25) is 0 Å². The van der Waals surface area contributed by atoms with Gasteiger partial charge in [0.1, 0.15) is 23.1 Å². The van der Waals surface area contributed by atoms with Crippen LogP contribution in [-0.2, 0) is 6.42 Å². The molecule has 0 spiro atoms. The Morgan fingerprint density at radius 1 is 1.00 bits per heavy atom. The number of benzene rings is 2. The van der Waals surface area contributed by atoms with E-state index in [1.54, 1.807) is 6.07 Å². The van der Waals surface area contributed by atoms with Crippen molar-refractivity contribution >= 4 is 11.4 Å². The number of anilines is 2. The lowest BCUT2D eigenvalue weighted by molar-refractivity contribution is 0.577. The summed E-state index contributed by atoms with van der Waals surface area (Å²) >= 11 is 0. The number of hydrogen-bond donors (Lipinski definition) is 1. The SMILES string of the molecule is CN(c1ccccc1F)c1c(F)cc(CCN)cc1F. The summed E-state index contributed by atoms with van der Waals surface area (Å²) < 4.78 is 41.8. The number of rotatable bonds is 4. The third-order valence-electron chi connectivity index (χ3n) is 3.06. The Bertz CT molecular complexity index is 591. The van der Waals surface area contributed by atoms with Crippen molar-refractivity contribution in [2.24, 2.45) is 5.73 Å². The van der Waals surface area contributed by atoms with Gasteiger partial charge in [0, 0.05) is 7.05 Å². The molecule has 0 aliphatic carbocycles. The molecule has 0 aromatic heterocycles. The molecule has 2 aromatic rings. The van der Waals surface area contributed by atoms with Gasteiger partial charge in [-0.25, -0.2) is 13.2 Å². The summed E-state index contributed by atoms with van der Waals surface area (Å²) in [4.78, 5) is 1.16. The minimum atomic E-state index is -0.737. The van der Waals surface area contributed by atoms with E-state index in [9.17, 15) is 13.2 Å². The van der Waals surface area contributed by atoms with E-state index in [1.807, 2.05) is 0 Å². The molecule has 0 radical (unpaired) electrons. The van der Waals surface area contributed by atoms with E-state index in [4.69, 9.17) is 5.73 Å². The third-order valence-corrected chi connectivity index (χ3v) is 3.06. The number of nitrogens with zero attached hydrogens (tertiary/aromatic N) is 1. The van der Waals surface area contributed by atoms with Crippen LogP contribution < -0.4 is 10.6 Å². The molecule has 0 amide bonds. The van der Waals surface area contributed by atoms with Crippen molar-refractivity contribution in [2.75, 3.05) is 18.5 Å². The fourth-order valence-electron chi connectivity index (χ4n) is 2.09. The summed E-state index contributed by atoms with van der Waals surface area (Å²) in [7, 11) is 1.42. The maximum Gasteiger partial charge on any atom is 0.150 e. The van der Waals surface area contributed by atoms with Crippen molar-refractivity contribution in [3.8, 4) is 0 Å². The van der Waals surface area contributed by atoms with Gasteiger partial charge in [-0.2, -0.15) is 0 Å². The Labute approximate surface area is 115 Å². The molecule has 2 aromatic carbocycles. The van der Waals surface area contributed by atoms with Gasteiger partial charge >= 0.3 is 0 Å². The topological polar surface area (TPSA) is 29.3 Å². The van der Waals surface area contributed by atoms with Crippen LogP contribution in [-0.4, -0.2) is 13.6 Å². The molecule has 2 nitrogen and oxygen atoms in total. The number of para-hydroxylation sites is 1. The summed E-state index contributed by atoms with van der Waals surface area (Å²) in [6.45, 7) is 0.307. The van der Waals surface area contributed by atoms with E-state index in [0.717, 1.165) is 4.90 Å². The molecule has 0 heterocycles. The lowest BCUT2D eigenvalue weighted by Crippen LogP contribution is -2.15. The second-order valence-electron chi connectivity index (χ2n) is 4.46. The van der Waals surface area contributed by atoms with Crippen LogP contribution in [0.25, 0.3) is 0 Å². The number of hydrogen-bond acceptors (Lipinski definition) is 2. The molecule has 20 heavy (non-hydrogen) atoms. The van der Waals surface area contributed by atoms with Crippen LogP contribution in [0.2, 0.25) is 0 Å². The van der Waals surface area contributed by atoms with Crippen LogP contribution in [0.3, 0.4) is 0 Å². The lowest BCUT2D eigenvalue weighted by Gasteiger charge is -2.21. The second kappa shape index (κ2) is 5.96. The first-order valence-corrected chi connectivity index (χ1v) is 6.21. The van der Waals surface area contributed by atoms with Crippen LogP contribution in [0.15, 0.2) is 36.4 Å². The molecular formula is C15H15F3N2. The van der Waals surface area contributed by atoms with Gasteiger partial charge in [-0.15, -0.1) is 0 Å². The van der Waals surface area contributed by atoms with Gasteiger partial charge in [-0.3, -0.25) is 0 Å². The lowest BCUT2D eigenvalue weighted by atomic mass is 10.1. The highest BCUT2D eigenvalue weighted by atomic mass is 19.1. The van der Waals surface area contributed by atoms with Crippen molar-refractivity contribution in [1.29, 1.82) is 0 Å². The van der Waals surface area contributed by atoms with Crippen LogP contribution in [0, 0.1) is 17.5 Å². The molecule has 0 aliphatic heterocycles. The Kier molecular flexibility index (Phi) is 4.29. The van der Waals surface area contributed by atoms with E-state index in [0.29, 0.717) is 18.5 Å². The fraction of sp³-hybridized carbons (Fsp3) is 0.200. The van der Waals surface area contributed by atoms with Gasteiger partial charge in [0.15, 0.2) is 0 Å². The molecule has 2 rings (SSSR count). The van der Waals surface area contributed by atoms with Crippen molar-refractivity contribution in [3.05, 3.63) is 59.4 Å². The summed E-state index contributed by atoms with van der Waals surface area (Å²) in [5, 5.41) is 0. The van der Waals surface area contributed by atoms with E-state index >= 15 is 0 Å². The predicted molar refractivity (Wildman–Crippen MR) is 73.6 cm³/mol. The molecule has 0 saturated heterocycles. The van der Waals surface area contributed by atoms with Gasteiger partial charge in [0.05, 0.1) is 5.69 Å². The first-order valence-electron chi connectivity index (χ1n) is 6.21. The Hall–Kier alpha value is -2.01. The molecule has 0 aliphatic rings. The third kappa shape index (κ3) is 2.77. The molecule has 0 fully saturated rings. The molecule has 0 unspecified atom stereocenters. The first-order chi connectivity index (χ1) is 9.54. The minimum absolute atomic E-state index is 0.108. The van der Waals surface area contributed by atoms with E-state index < -0.39 is 17.5 Å². The van der Waals surface area contributed by atoms with Gasteiger partial charge < -0.3 is 10.6 Å². The van der Waals surface area contributed by atoms with Crippen molar-refractivity contribution in [2.45, 2.75) is 6.42 Å². The number of halogens is 3. The zero-order chi connectivity index (χ0) is 14.7. The summed E-state index contributed by atoms with van der Waals surface area (Å²) in [6, 6.07) is 8.27. The van der Waals surface area contributed by atoms with Crippen LogP contribution in [0.4, 0.5) is 24.5 Å². The second-order valence-corrected chi connectivity index (χ2v) is 4.46. The predicted octanol–water partition coefficient (Wildman–Crippen LogP) is 3.37. The van der Waals surface area contributed by atoms with Gasteiger partial charge in [0.25, 0.3) is 0 Å². The fourth-order valence-corrected chi connectivity index (χ4v) is 2.09. The highest BCUT2D eigenvalue weighted by molar-refractivity contribution is 5.64. The molecular weight excluding hydrogens is 265 g/mol. The average molecular weight is 280 g/mol. The van der Waals surface area contributed by atoms with E-state index in [1.165, 1.54) is 37.4 Å². The smallest absolute Gasteiger partial charge is 0.150 e. The summed E-state index contributed by atoms with van der Waals surface area (Å²) in [5.41, 5.74) is 5.67. The van der Waals surface area contributed by atoms with Crippen LogP contribution >= 0.6 is 0 Å². The van der Waals surface area contributed by atoms with Gasteiger partial charge in [-0.1, -0.05) is 12.1 Å². The normalized spacial score (nSPS) is 10.7. The Balaban J connectivity index is 2.45. The Morgan fingerprint density at radius 3 is 2.15 bits per heavy atom. The molecule has 5 heteroatoms. The largest absolute Gasteiger partial charge is 0.337 e. The summed E-state index contributed by atoms with van der Waals surface area (Å²) in [6.07, 6.45) is 0.386.